The molecule has 0 unspecified atom stereocenters. The summed E-state index contributed by atoms with van der Waals surface area (Å²) < 4.78 is 60.3. The Hall–Kier alpha value is -2.83. The molecule has 3 aromatic carbocycles. The topological polar surface area (TPSA) is 71.1 Å². The highest BCUT2D eigenvalue weighted by molar-refractivity contribution is 7.88. The number of halogens is 1. The predicted molar refractivity (Wildman–Crippen MR) is 124 cm³/mol. The van der Waals surface area contributed by atoms with E-state index in [9.17, 15) is 12.3 Å². The second-order valence-corrected chi connectivity index (χ2v) is 10.4. The van der Waals surface area contributed by atoms with Crippen LogP contribution < -0.4 is 34.9 Å². The van der Waals surface area contributed by atoms with Crippen molar-refractivity contribution in [3.05, 3.63) is 60.2 Å². The van der Waals surface area contributed by atoms with Gasteiger partial charge in [0, 0.05) is 17.4 Å². The van der Waals surface area contributed by atoms with Crippen LogP contribution in [0.25, 0.3) is 0 Å². The maximum atomic E-state index is 14.4. The van der Waals surface area contributed by atoms with Crippen LogP contribution in [0.4, 0.5) is 3.89 Å². The first kappa shape index (κ1) is 23.8. The third-order valence-electron chi connectivity index (χ3n) is 4.81. The summed E-state index contributed by atoms with van der Waals surface area (Å²) in [6.07, 6.45) is 0. The van der Waals surface area contributed by atoms with Crippen LogP contribution in [0.15, 0.2) is 59.5 Å². The SMILES string of the molecule is COc1cc(OC)cc(P(c2cc(OC)cc(OC)c2)c2ccc(C)cc2S(=O)(=O)F)c1. The molecule has 170 valence electrons. The lowest BCUT2D eigenvalue weighted by Gasteiger charge is -2.23. The maximum Gasteiger partial charge on any atom is 0.332 e. The van der Waals surface area contributed by atoms with E-state index in [0.717, 1.165) is 0 Å². The number of ether oxygens (including phenoxy) is 4. The van der Waals surface area contributed by atoms with E-state index in [4.69, 9.17) is 18.9 Å². The van der Waals surface area contributed by atoms with Gasteiger partial charge < -0.3 is 18.9 Å². The summed E-state index contributed by atoms with van der Waals surface area (Å²) in [6.45, 7) is 1.71. The van der Waals surface area contributed by atoms with E-state index in [1.807, 2.05) is 0 Å². The van der Waals surface area contributed by atoms with Crippen LogP contribution in [0.3, 0.4) is 0 Å². The van der Waals surface area contributed by atoms with Crippen LogP contribution >= 0.6 is 7.92 Å². The summed E-state index contributed by atoms with van der Waals surface area (Å²) in [6, 6.07) is 15.3. The van der Waals surface area contributed by atoms with Crippen molar-refractivity contribution in [3.63, 3.8) is 0 Å². The highest BCUT2D eigenvalue weighted by atomic mass is 32.3. The van der Waals surface area contributed by atoms with E-state index < -0.39 is 18.1 Å². The molecule has 0 radical (unpaired) electrons. The molecule has 0 bridgehead atoms. The van der Waals surface area contributed by atoms with Gasteiger partial charge >= 0.3 is 10.2 Å². The third-order valence-corrected chi connectivity index (χ3v) is 8.24. The van der Waals surface area contributed by atoms with Gasteiger partial charge in [-0.1, -0.05) is 12.1 Å². The zero-order valence-electron chi connectivity index (χ0n) is 18.4. The fraction of sp³-hybridized carbons (Fsp3) is 0.217. The standard InChI is InChI=1S/C23H24FO6PS/c1-15-6-7-22(23(8-15)32(24,25)26)31(20-11-16(27-2)9-17(12-20)28-3)21-13-18(29-4)10-19(14-21)30-5/h6-14H,1-5H3. The zero-order valence-corrected chi connectivity index (χ0v) is 20.1. The first-order valence-corrected chi connectivity index (χ1v) is 12.2. The molecule has 0 amide bonds. The van der Waals surface area contributed by atoms with Crippen LogP contribution in [0.5, 0.6) is 23.0 Å². The Morgan fingerprint density at radius 3 is 1.44 bits per heavy atom. The van der Waals surface area contributed by atoms with Gasteiger partial charge in [-0.05, 0) is 61.3 Å². The molecule has 32 heavy (non-hydrogen) atoms. The second-order valence-electron chi connectivity index (χ2n) is 6.89. The molecule has 0 heterocycles. The van der Waals surface area contributed by atoms with Crippen LogP contribution in [0, 0.1) is 6.92 Å². The van der Waals surface area contributed by atoms with E-state index in [0.29, 0.717) is 44.5 Å². The summed E-state index contributed by atoms with van der Waals surface area (Å²) in [5, 5.41) is 1.75. The minimum Gasteiger partial charge on any atom is -0.497 e. The summed E-state index contributed by atoms with van der Waals surface area (Å²) in [4.78, 5) is -0.368. The number of benzene rings is 3. The molecule has 3 aromatic rings. The number of rotatable bonds is 8. The molecule has 0 atom stereocenters. The van der Waals surface area contributed by atoms with Gasteiger partial charge in [-0.15, -0.1) is 3.89 Å². The Morgan fingerprint density at radius 2 is 1.09 bits per heavy atom. The summed E-state index contributed by atoms with van der Waals surface area (Å²) in [7, 11) is -0.453. The predicted octanol–water partition coefficient (Wildman–Crippen LogP) is 3.45. The van der Waals surface area contributed by atoms with E-state index in [2.05, 4.69) is 0 Å². The molecule has 0 saturated carbocycles. The average molecular weight is 478 g/mol. The van der Waals surface area contributed by atoms with Crippen LogP contribution in [-0.4, -0.2) is 36.9 Å². The van der Waals surface area contributed by atoms with Crippen molar-refractivity contribution in [2.75, 3.05) is 28.4 Å². The molecule has 3 rings (SSSR count). The van der Waals surface area contributed by atoms with Crippen molar-refractivity contribution < 1.29 is 31.3 Å². The first-order chi connectivity index (χ1) is 15.2. The number of methoxy groups -OCH3 is 4. The lowest BCUT2D eigenvalue weighted by atomic mass is 10.2. The van der Waals surface area contributed by atoms with Gasteiger partial charge in [-0.25, -0.2) is 0 Å². The van der Waals surface area contributed by atoms with Crippen molar-refractivity contribution >= 4 is 34.1 Å². The van der Waals surface area contributed by atoms with Crippen molar-refractivity contribution in [1.82, 2.24) is 0 Å². The number of aryl methyl sites for hydroxylation is 1. The molecule has 9 heteroatoms. The molecule has 0 aliphatic carbocycles. The summed E-state index contributed by atoms with van der Waals surface area (Å²) >= 11 is 0. The fourth-order valence-electron chi connectivity index (χ4n) is 3.27. The van der Waals surface area contributed by atoms with Crippen molar-refractivity contribution in [2.45, 2.75) is 11.8 Å². The van der Waals surface area contributed by atoms with Gasteiger partial charge in [0.2, 0.25) is 0 Å². The van der Waals surface area contributed by atoms with Crippen LogP contribution in [0.2, 0.25) is 0 Å². The average Bonchev–Trinajstić information content (AvgIpc) is 2.78. The number of hydrogen-bond donors (Lipinski definition) is 0. The Kier molecular flexibility index (Phi) is 7.26. The van der Waals surface area contributed by atoms with E-state index in [-0.39, 0.29) is 4.90 Å². The van der Waals surface area contributed by atoms with Crippen LogP contribution in [0.1, 0.15) is 5.56 Å². The molecule has 0 aliphatic heterocycles. The molecule has 0 aromatic heterocycles. The van der Waals surface area contributed by atoms with E-state index in [1.54, 1.807) is 55.5 Å². The van der Waals surface area contributed by atoms with Crippen LogP contribution in [-0.2, 0) is 10.2 Å². The summed E-state index contributed by atoms with van der Waals surface area (Å²) in [5.41, 5.74) is 0.631. The molecular weight excluding hydrogens is 454 g/mol. The maximum absolute atomic E-state index is 14.4. The number of hydrogen-bond acceptors (Lipinski definition) is 6. The molecular formula is C23H24FO6PS. The minimum atomic E-state index is -4.99. The second kappa shape index (κ2) is 9.76. The molecule has 0 N–H and O–H groups in total. The quantitative estimate of drug-likeness (QED) is 0.365. The van der Waals surface area contributed by atoms with Gasteiger partial charge in [0.15, 0.2) is 0 Å². The fourth-order valence-corrected chi connectivity index (χ4v) is 6.91. The van der Waals surface area contributed by atoms with E-state index >= 15 is 0 Å². The normalized spacial score (nSPS) is 11.3. The summed E-state index contributed by atoms with van der Waals surface area (Å²) in [5.74, 6) is 2.11. The highest BCUT2D eigenvalue weighted by Crippen LogP contribution is 2.40. The first-order valence-electron chi connectivity index (χ1n) is 9.51. The molecule has 6 nitrogen and oxygen atoms in total. The van der Waals surface area contributed by atoms with Gasteiger partial charge in [0.05, 0.1) is 28.4 Å². The Labute approximate surface area is 188 Å². The Balaban J connectivity index is 2.40. The van der Waals surface area contributed by atoms with Crippen molar-refractivity contribution in [3.8, 4) is 23.0 Å². The lowest BCUT2D eigenvalue weighted by Crippen LogP contribution is -2.25. The largest absolute Gasteiger partial charge is 0.497 e. The van der Waals surface area contributed by atoms with Gasteiger partial charge in [0.1, 0.15) is 27.9 Å². The minimum absolute atomic E-state index is 0.332. The lowest BCUT2D eigenvalue weighted by molar-refractivity contribution is 0.395. The molecule has 0 fully saturated rings. The Bertz CT molecular complexity index is 1130. The third kappa shape index (κ3) is 5.14. The highest BCUT2D eigenvalue weighted by Gasteiger charge is 2.28. The smallest absolute Gasteiger partial charge is 0.332 e. The molecule has 0 saturated heterocycles. The van der Waals surface area contributed by atoms with Crippen molar-refractivity contribution in [1.29, 1.82) is 0 Å². The van der Waals surface area contributed by atoms with Gasteiger partial charge in [-0.2, -0.15) is 8.42 Å². The van der Waals surface area contributed by atoms with Gasteiger partial charge in [-0.3, -0.25) is 0 Å². The van der Waals surface area contributed by atoms with Crippen molar-refractivity contribution in [2.24, 2.45) is 0 Å². The Morgan fingerprint density at radius 1 is 0.688 bits per heavy atom. The van der Waals surface area contributed by atoms with E-state index in [1.165, 1.54) is 34.5 Å². The zero-order chi connectivity index (χ0) is 23.5. The molecule has 0 aliphatic rings. The monoisotopic (exact) mass is 478 g/mol. The van der Waals surface area contributed by atoms with Gasteiger partial charge in [0.25, 0.3) is 0 Å². The molecule has 0 spiro atoms.